The van der Waals surface area contributed by atoms with Crippen molar-refractivity contribution in [1.82, 2.24) is 4.90 Å². The van der Waals surface area contributed by atoms with Gasteiger partial charge in [0.2, 0.25) is 5.91 Å². The van der Waals surface area contributed by atoms with Gasteiger partial charge in [-0.15, -0.1) is 0 Å². The first-order valence-corrected chi connectivity index (χ1v) is 7.13. The average Bonchev–Trinajstić information content (AvgIpc) is 2.76. The second-order valence-corrected chi connectivity index (χ2v) is 5.67. The van der Waals surface area contributed by atoms with Crippen LogP contribution in [-0.2, 0) is 16.0 Å². The number of anilines is 1. The fraction of sp³-hybridized carbons (Fsp3) is 0.562. The number of methoxy groups -OCH3 is 1. The van der Waals surface area contributed by atoms with E-state index in [9.17, 15) is 4.79 Å². The van der Waals surface area contributed by atoms with Crippen molar-refractivity contribution in [2.75, 3.05) is 45.8 Å². The van der Waals surface area contributed by atoms with Crippen LogP contribution >= 0.6 is 0 Å². The molecule has 0 aliphatic carbocycles. The van der Waals surface area contributed by atoms with Crippen LogP contribution in [0.15, 0.2) is 24.3 Å². The Kier molecular flexibility index (Phi) is 5.01. The SMILES string of the molecule is COCCN1CC(Cc2cccc(N(C)C)c2)CC1=O. The molecule has 0 saturated carbocycles. The van der Waals surface area contributed by atoms with Gasteiger partial charge in [-0.2, -0.15) is 0 Å². The van der Waals surface area contributed by atoms with Crippen LogP contribution < -0.4 is 4.90 Å². The number of carbonyl (C=O) groups excluding carboxylic acids is 1. The van der Waals surface area contributed by atoms with Gasteiger partial charge in [-0.05, 0) is 30.0 Å². The van der Waals surface area contributed by atoms with Crippen LogP contribution in [0.2, 0.25) is 0 Å². The van der Waals surface area contributed by atoms with E-state index in [1.165, 1.54) is 11.3 Å². The summed E-state index contributed by atoms with van der Waals surface area (Å²) in [7, 11) is 5.76. The molecule has 1 atom stereocenters. The summed E-state index contributed by atoms with van der Waals surface area (Å²) in [5, 5.41) is 0. The van der Waals surface area contributed by atoms with Crippen molar-refractivity contribution in [3.05, 3.63) is 29.8 Å². The zero-order valence-electron chi connectivity index (χ0n) is 12.6. The van der Waals surface area contributed by atoms with Crippen molar-refractivity contribution in [1.29, 1.82) is 0 Å². The Balaban J connectivity index is 1.94. The van der Waals surface area contributed by atoms with Gasteiger partial charge in [0, 0.05) is 46.4 Å². The van der Waals surface area contributed by atoms with Crippen LogP contribution in [0.1, 0.15) is 12.0 Å². The van der Waals surface area contributed by atoms with Crippen molar-refractivity contribution >= 4 is 11.6 Å². The number of carbonyl (C=O) groups is 1. The number of nitrogens with zero attached hydrogens (tertiary/aromatic N) is 2. The lowest BCUT2D eigenvalue weighted by atomic mass is 9.98. The molecule has 1 fully saturated rings. The van der Waals surface area contributed by atoms with Crippen LogP contribution in [0.3, 0.4) is 0 Å². The van der Waals surface area contributed by atoms with E-state index in [1.54, 1.807) is 7.11 Å². The molecular formula is C16H24N2O2. The second kappa shape index (κ2) is 6.75. The molecule has 20 heavy (non-hydrogen) atoms. The number of hydrogen-bond acceptors (Lipinski definition) is 3. The number of likely N-dealkylation sites (tertiary alicyclic amines) is 1. The topological polar surface area (TPSA) is 32.8 Å². The van der Waals surface area contributed by atoms with E-state index in [0.717, 1.165) is 13.0 Å². The third-order valence-corrected chi connectivity index (χ3v) is 3.81. The fourth-order valence-electron chi connectivity index (χ4n) is 2.70. The van der Waals surface area contributed by atoms with Gasteiger partial charge in [-0.25, -0.2) is 0 Å². The van der Waals surface area contributed by atoms with Gasteiger partial charge in [0.05, 0.1) is 6.61 Å². The molecule has 1 unspecified atom stereocenters. The van der Waals surface area contributed by atoms with E-state index in [-0.39, 0.29) is 5.91 Å². The zero-order valence-corrected chi connectivity index (χ0v) is 12.6. The molecule has 0 bridgehead atoms. The summed E-state index contributed by atoms with van der Waals surface area (Å²) >= 11 is 0. The lowest BCUT2D eigenvalue weighted by Gasteiger charge is -2.17. The summed E-state index contributed by atoms with van der Waals surface area (Å²) < 4.78 is 5.05. The first-order chi connectivity index (χ1) is 9.60. The molecule has 4 heteroatoms. The Labute approximate surface area is 121 Å². The third kappa shape index (κ3) is 3.73. The van der Waals surface area contributed by atoms with Crippen molar-refractivity contribution in [2.24, 2.45) is 5.92 Å². The van der Waals surface area contributed by atoms with Gasteiger partial charge in [0.15, 0.2) is 0 Å². The Morgan fingerprint density at radius 2 is 2.20 bits per heavy atom. The fourth-order valence-corrected chi connectivity index (χ4v) is 2.70. The first kappa shape index (κ1) is 14.9. The molecule has 1 aromatic rings. The van der Waals surface area contributed by atoms with E-state index >= 15 is 0 Å². The molecule has 110 valence electrons. The Morgan fingerprint density at radius 3 is 2.90 bits per heavy atom. The molecule has 1 amide bonds. The molecule has 0 aromatic heterocycles. The molecule has 1 aliphatic rings. The average molecular weight is 276 g/mol. The minimum absolute atomic E-state index is 0.260. The molecule has 1 aliphatic heterocycles. The first-order valence-electron chi connectivity index (χ1n) is 7.13. The number of hydrogen-bond donors (Lipinski definition) is 0. The molecule has 1 saturated heterocycles. The number of rotatable bonds is 6. The standard InChI is InChI=1S/C16H24N2O2/c1-17(2)15-6-4-5-13(10-15)9-14-11-16(19)18(12-14)7-8-20-3/h4-6,10,14H,7-9,11-12H2,1-3H3. The van der Waals surface area contributed by atoms with Crippen LogP contribution in [0.5, 0.6) is 0 Å². The third-order valence-electron chi connectivity index (χ3n) is 3.81. The van der Waals surface area contributed by atoms with Crippen molar-refractivity contribution < 1.29 is 9.53 Å². The normalized spacial score (nSPS) is 18.6. The second-order valence-electron chi connectivity index (χ2n) is 5.67. The molecule has 0 spiro atoms. The van der Waals surface area contributed by atoms with E-state index in [1.807, 2.05) is 19.0 Å². The van der Waals surface area contributed by atoms with Crippen molar-refractivity contribution in [3.63, 3.8) is 0 Å². The molecule has 1 aromatic carbocycles. The summed E-state index contributed by atoms with van der Waals surface area (Å²) in [6, 6.07) is 8.55. The Hall–Kier alpha value is -1.55. The molecule has 0 N–H and O–H groups in total. The predicted octanol–water partition coefficient (Wildman–Crippen LogP) is 1.79. The molecule has 4 nitrogen and oxygen atoms in total. The maximum atomic E-state index is 11.9. The highest BCUT2D eigenvalue weighted by Crippen LogP contribution is 2.23. The van der Waals surface area contributed by atoms with Crippen molar-refractivity contribution in [2.45, 2.75) is 12.8 Å². The molecule has 2 rings (SSSR count). The summed E-state index contributed by atoms with van der Waals surface area (Å²) in [6.45, 7) is 2.19. The predicted molar refractivity (Wildman–Crippen MR) is 81.0 cm³/mol. The van der Waals surface area contributed by atoms with E-state index in [0.29, 0.717) is 25.5 Å². The zero-order chi connectivity index (χ0) is 14.5. The maximum Gasteiger partial charge on any atom is 0.223 e. The Morgan fingerprint density at radius 1 is 1.40 bits per heavy atom. The summed E-state index contributed by atoms with van der Waals surface area (Å²) in [5.41, 5.74) is 2.52. The lowest BCUT2D eigenvalue weighted by Crippen LogP contribution is -2.28. The van der Waals surface area contributed by atoms with E-state index in [2.05, 4.69) is 29.2 Å². The summed E-state index contributed by atoms with van der Waals surface area (Å²) in [5.74, 6) is 0.688. The van der Waals surface area contributed by atoms with Crippen LogP contribution in [-0.4, -0.2) is 51.7 Å². The van der Waals surface area contributed by atoms with Gasteiger partial charge < -0.3 is 14.5 Å². The molecular weight excluding hydrogens is 252 g/mol. The minimum Gasteiger partial charge on any atom is -0.383 e. The van der Waals surface area contributed by atoms with Crippen LogP contribution in [0.4, 0.5) is 5.69 Å². The van der Waals surface area contributed by atoms with E-state index < -0.39 is 0 Å². The Bertz CT molecular complexity index is 460. The highest BCUT2D eigenvalue weighted by Gasteiger charge is 2.29. The number of benzene rings is 1. The number of amides is 1. The maximum absolute atomic E-state index is 11.9. The molecule has 0 radical (unpaired) electrons. The largest absolute Gasteiger partial charge is 0.383 e. The van der Waals surface area contributed by atoms with E-state index in [4.69, 9.17) is 4.74 Å². The van der Waals surface area contributed by atoms with Gasteiger partial charge in [-0.1, -0.05) is 12.1 Å². The van der Waals surface area contributed by atoms with Gasteiger partial charge >= 0.3 is 0 Å². The monoisotopic (exact) mass is 276 g/mol. The van der Waals surface area contributed by atoms with Crippen molar-refractivity contribution in [3.8, 4) is 0 Å². The highest BCUT2D eigenvalue weighted by molar-refractivity contribution is 5.78. The van der Waals surface area contributed by atoms with Gasteiger partial charge in [-0.3, -0.25) is 4.79 Å². The number of ether oxygens (including phenoxy) is 1. The highest BCUT2D eigenvalue weighted by atomic mass is 16.5. The summed E-state index contributed by atoms with van der Waals surface area (Å²) in [6.07, 6.45) is 1.63. The van der Waals surface area contributed by atoms with Crippen LogP contribution in [0, 0.1) is 5.92 Å². The van der Waals surface area contributed by atoms with Gasteiger partial charge in [0.25, 0.3) is 0 Å². The quantitative estimate of drug-likeness (QED) is 0.794. The summed E-state index contributed by atoms with van der Waals surface area (Å²) in [4.78, 5) is 15.9. The smallest absolute Gasteiger partial charge is 0.223 e. The van der Waals surface area contributed by atoms with Crippen LogP contribution in [0.25, 0.3) is 0 Å². The molecule has 1 heterocycles. The van der Waals surface area contributed by atoms with Gasteiger partial charge in [0.1, 0.15) is 0 Å². The lowest BCUT2D eigenvalue weighted by molar-refractivity contribution is -0.128. The minimum atomic E-state index is 0.260.